The summed E-state index contributed by atoms with van der Waals surface area (Å²) in [5.74, 6) is -1.33. The second-order valence-corrected chi connectivity index (χ2v) is 9.01. The average Bonchev–Trinajstić information content (AvgIpc) is 2.73. The summed E-state index contributed by atoms with van der Waals surface area (Å²) >= 11 is 0. The molecule has 31 heavy (non-hydrogen) atoms. The van der Waals surface area contributed by atoms with Crippen LogP contribution in [0.25, 0.3) is 0 Å². The van der Waals surface area contributed by atoms with Gasteiger partial charge in [0.25, 0.3) is 0 Å². The topological polar surface area (TPSA) is 115 Å². The summed E-state index contributed by atoms with van der Waals surface area (Å²) in [6.45, 7) is 8.09. The first-order valence-electron chi connectivity index (χ1n) is 12.3. The van der Waals surface area contributed by atoms with E-state index in [1.165, 1.54) is 64.2 Å². The third kappa shape index (κ3) is 39.8. The third-order valence-electron chi connectivity index (χ3n) is 4.84. The highest BCUT2D eigenvalue weighted by Crippen LogP contribution is 2.10. The zero-order valence-corrected chi connectivity index (χ0v) is 20.8. The maximum absolute atomic E-state index is 10.1. The van der Waals surface area contributed by atoms with Crippen molar-refractivity contribution in [3.8, 4) is 0 Å². The van der Waals surface area contributed by atoms with Gasteiger partial charge in [-0.3, -0.25) is 9.59 Å². The van der Waals surface area contributed by atoms with Crippen LogP contribution >= 0.6 is 0 Å². The van der Waals surface area contributed by atoms with Gasteiger partial charge in [-0.2, -0.15) is 0 Å². The van der Waals surface area contributed by atoms with Gasteiger partial charge in [-0.15, -0.1) is 0 Å². The van der Waals surface area contributed by atoms with E-state index in [1.807, 2.05) is 0 Å². The molecular formula is C25H52O6. The molecule has 4 N–H and O–H groups in total. The van der Waals surface area contributed by atoms with Crippen molar-refractivity contribution < 1.29 is 30.0 Å². The van der Waals surface area contributed by atoms with Crippen molar-refractivity contribution in [1.29, 1.82) is 0 Å². The highest BCUT2D eigenvalue weighted by atomic mass is 16.4. The molecule has 0 fully saturated rings. The first-order chi connectivity index (χ1) is 14.7. The number of carboxylic acid groups (broad SMARTS) is 2. The van der Waals surface area contributed by atoms with Crippen molar-refractivity contribution in [1.82, 2.24) is 0 Å². The van der Waals surface area contributed by atoms with E-state index in [4.69, 9.17) is 20.4 Å². The Bertz CT molecular complexity index is 348. The molecule has 0 spiro atoms. The number of carboxylic acids is 2. The Morgan fingerprint density at radius 2 is 0.806 bits per heavy atom. The number of rotatable bonds is 18. The maximum Gasteiger partial charge on any atom is 0.303 e. The smallest absolute Gasteiger partial charge is 0.303 e. The fourth-order valence-corrected chi connectivity index (χ4v) is 2.52. The van der Waals surface area contributed by atoms with Crippen molar-refractivity contribution in [2.24, 2.45) is 5.41 Å². The predicted molar refractivity (Wildman–Crippen MR) is 128 cm³/mol. The maximum atomic E-state index is 10.1. The molecule has 0 saturated heterocycles. The lowest BCUT2D eigenvalue weighted by Crippen LogP contribution is -2.20. The van der Waals surface area contributed by atoms with Crippen LogP contribution in [0.2, 0.25) is 0 Å². The van der Waals surface area contributed by atoms with Gasteiger partial charge in [0.15, 0.2) is 0 Å². The van der Waals surface area contributed by atoms with Crippen molar-refractivity contribution in [3.63, 3.8) is 0 Å². The van der Waals surface area contributed by atoms with Gasteiger partial charge < -0.3 is 20.4 Å². The van der Waals surface area contributed by atoms with Crippen LogP contribution in [0.3, 0.4) is 0 Å². The van der Waals surface area contributed by atoms with Crippen molar-refractivity contribution >= 4 is 11.9 Å². The van der Waals surface area contributed by atoms with Crippen molar-refractivity contribution in [2.45, 2.75) is 130 Å². The van der Waals surface area contributed by atoms with Crippen molar-refractivity contribution in [2.75, 3.05) is 13.2 Å². The van der Waals surface area contributed by atoms with Crippen LogP contribution in [-0.4, -0.2) is 45.6 Å². The minimum atomic E-state index is -0.663. The Morgan fingerprint density at radius 3 is 1.00 bits per heavy atom. The Hall–Kier alpha value is -1.14. The summed E-state index contributed by atoms with van der Waals surface area (Å²) in [5, 5.41) is 33.6. The largest absolute Gasteiger partial charge is 0.481 e. The summed E-state index contributed by atoms with van der Waals surface area (Å²) in [6, 6.07) is 0. The third-order valence-corrected chi connectivity index (χ3v) is 4.84. The van der Waals surface area contributed by atoms with Gasteiger partial charge in [-0.05, 0) is 12.8 Å². The Labute approximate surface area is 191 Å². The summed E-state index contributed by atoms with van der Waals surface area (Å²) in [6.07, 6.45) is 17.3. The minimum Gasteiger partial charge on any atom is -0.481 e. The van der Waals surface area contributed by atoms with Gasteiger partial charge in [0.1, 0.15) is 0 Å². The fraction of sp³-hybridized carbons (Fsp3) is 0.920. The Kier molecular flexibility index (Phi) is 29.9. The zero-order chi connectivity index (χ0) is 24.4. The number of hydrogen-bond acceptors (Lipinski definition) is 4. The van der Waals surface area contributed by atoms with Gasteiger partial charge in [-0.1, -0.05) is 105 Å². The minimum absolute atomic E-state index is 0.0451. The highest BCUT2D eigenvalue weighted by Gasteiger charge is 2.13. The molecule has 188 valence electrons. The molecule has 0 unspecified atom stereocenters. The molecule has 0 aromatic heterocycles. The average molecular weight is 449 g/mol. The molecule has 0 amide bonds. The lowest BCUT2D eigenvalue weighted by atomic mass is 9.97. The monoisotopic (exact) mass is 448 g/mol. The van der Waals surface area contributed by atoms with Crippen molar-refractivity contribution in [3.05, 3.63) is 0 Å². The summed E-state index contributed by atoms with van der Waals surface area (Å²) in [5.41, 5.74) is -0.306. The molecule has 0 heterocycles. The highest BCUT2D eigenvalue weighted by molar-refractivity contribution is 5.66. The lowest BCUT2D eigenvalue weighted by molar-refractivity contribution is -0.138. The molecule has 0 radical (unpaired) electrons. The fourth-order valence-electron chi connectivity index (χ4n) is 2.52. The standard InChI is InChI=1S/2C10H20O2.C5H12O2/c2*1-2-3-4-5-6-7-8-9-10(11)12;1-5(2,3-6)4-7/h2*2-9H2,1H3,(H,11,12);6-7H,3-4H2,1-2H3. The van der Waals surface area contributed by atoms with Crippen LogP contribution in [0.15, 0.2) is 0 Å². The molecule has 0 saturated carbocycles. The number of unbranched alkanes of at least 4 members (excludes halogenated alkanes) is 12. The van der Waals surface area contributed by atoms with E-state index in [0.29, 0.717) is 12.8 Å². The zero-order valence-electron chi connectivity index (χ0n) is 20.8. The second kappa shape index (κ2) is 26.9. The van der Waals surface area contributed by atoms with Gasteiger partial charge >= 0.3 is 11.9 Å². The molecular weight excluding hydrogens is 396 g/mol. The number of aliphatic carboxylic acids is 2. The normalized spacial score (nSPS) is 10.5. The summed E-state index contributed by atoms with van der Waals surface area (Å²) in [4.78, 5) is 20.3. The lowest BCUT2D eigenvalue weighted by Gasteiger charge is -2.16. The quantitative estimate of drug-likeness (QED) is 0.180. The van der Waals surface area contributed by atoms with E-state index in [1.54, 1.807) is 13.8 Å². The summed E-state index contributed by atoms with van der Waals surface area (Å²) in [7, 11) is 0. The van der Waals surface area contributed by atoms with Gasteiger partial charge in [-0.25, -0.2) is 0 Å². The SMILES string of the molecule is CC(C)(CO)CO.CCCCCCCCCC(=O)O.CCCCCCCCCC(=O)O. The van der Waals surface area contributed by atoms with Crippen LogP contribution < -0.4 is 0 Å². The Morgan fingerprint density at radius 1 is 0.548 bits per heavy atom. The number of carbonyl (C=O) groups is 2. The molecule has 0 aliphatic heterocycles. The molecule has 0 aliphatic carbocycles. The molecule has 6 heteroatoms. The first kappa shape index (κ1) is 34.5. The van der Waals surface area contributed by atoms with E-state index < -0.39 is 11.9 Å². The van der Waals surface area contributed by atoms with Crippen LogP contribution in [-0.2, 0) is 9.59 Å². The van der Waals surface area contributed by atoms with Gasteiger partial charge in [0.05, 0.1) is 13.2 Å². The number of aliphatic hydroxyl groups excluding tert-OH is 2. The number of aliphatic hydroxyl groups is 2. The van der Waals surface area contributed by atoms with Crippen LogP contribution in [0.1, 0.15) is 130 Å². The molecule has 0 bridgehead atoms. The predicted octanol–water partition coefficient (Wildman–Crippen LogP) is 6.42. The van der Waals surface area contributed by atoms with E-state index in [-0.39, 0.29) is 18.6 Å². The van der Waals surface area contributed by atoms with E-state index >= 15 is 0 Å². The van der Waals surface area contributed by atoms with Gasteiger partial charge in [0, 0.05) is 18.3 Å². The summed E-state index contributed by atoms with van der Waals surface area (Å²) < 4.78 is 0. The molecule has 0 aromatic rings. The van der Waals surface area contributed by atoms with E-state index in [0.717, 1.165) is 25.7 Å². The van der Waals surface area contributed by atoms with Crippen LogP contribution in [0.4, 0.5) is 0 Å². The molecule has 6 nitrogen and oxygen atoms in total. The van der Waals surface area contributed by atoms with E-state index in [9.17, 15) is 9.59 Å². The molecule has 0 aromatic carbocycles. The number of hydrogen-bond donors (Lipinski definition) is 4. The van der Waals surface area contributed by atoms with Crippen LogP contribution in [0, 0.1) is 5.41 Å². The molecule has 0 rings (SSSR count). The van der Waals surface area contributed by atoms with Crippen LogP contribution in [0.5, 0.6) is 0 Å². The first-order valence-corrected chi connectivity index (χ1v) is 12.3. The van der Waals surface area contributed by atoms with Gasteiger partial charge in [0.2, 0.25) is 0 Å². The Balaban J connectivity index is -0.000000394. The second-order valence-electron chi connectivity index (χ2n) is 9.01. The van der Waals surface area contributed by atoms with E-state index in [2.05, 4.69) is 13.8 Å². The molecule has 0 aliphatic rings. The molecule has 0 atom stereocenters.